The number of hydrogen-bond acceptors (Lipinski definition) is 4. The van der Waals surface area contributed by atoms with Crippen molar-refractivity contribution in [3.05, 3.63) is 35.0 Å². The maximum atomic E-state index is 11.3. The molecule has 3 rings (SSSR count). The van der Waals surface area contributed by atoms with E-state index in [0.717, 1.165) is 67.4 Å². The van der Waals surface area contributed by atoms with Gasteiger partial charge in [-0.25, -0.2) is 0 Å². The molecule has 1 N–H and O–H groups in total. The summed E-state index contributed by atoms with van der Waals surface area (Å²) in [7, 11) is 1.67. The lowest BCUT2D eigenvalue weighted by molar-refractivity contribution is -0.138. The first kappa shape index (κ1) is 25.8. The zero-order valence-corrected chi connectivity index (χ0v) is 20.9. The van der Waals surface area contributed by atoms with Crippen LogP contribution in [0.3, 0.4) is 0 Å². The Morgan fingerprint density at radius 2 is 2.06 bits per heavy atom. The summed E-state index contributed by atoms with van der Waals surface area (Å²) in [6.07, 6.45) is 13.4. The highest BCUT2D eigenvalue weighted by atomic mass is 35.5. The Labute approximate surface area is 203 Å². The van der Waals surface area contributed by atoms with Gasteiger partial charge in [0.15, 0.2) is 0 Å². The Balaban J connectivity index is 1.64. The number of likely N-dealkylation sites (tertiary alicyclic amines) is 1. The Hall–Kier alpha value is -1.85. The molecule has 0 amide bonds. The van der Waals surface area contributed by atoms with Crippen LogP contribution in [0.5, 0.6) is 5.75 Å². The lowest BCUT2D eigenvalue weighted by Gasteiger charge is -2.39. The van der Waals surface area contributed by atoms with Crippen LogP contribution < -0.4 is 4.74 Å². The van der Waals surface area contributed by atoms with Gasteiger partial charge in [-0.1, -0.05) is 44.2 Å². The number of pyridine rings is 1. The van der Waals surface area contributed by atoms with E-state index in [0.29, 0.717) is 23.4 Å². The van der Waals surface area contributed by atoms with E-state index in [2.05, 4.69) is 16.8 Å². The van der Waals surface area contributed by atoms with E-state index in [9.17, 15) is 9.90 Å². The third-order valence-electron chi connectivity index (χ3n) is 7.06. The van der Waals surface area contributed by atoms with Gasteiger partial charge in [-0.2, -0.15) is 0 Å². The van der Waals surface area contributed by atoms with Gasteiger partial charge in [-0.3, -0.25) is 9.78 Å². The number of aromatic nitrogens is 1. The number of halogens is 1. The largest absolute Gasteiger partial charge is 0.497 e. The second-order valence-corrected chi connectivity index (χ2v) is 9.86. The minimum atomic E-state index is -0.671. The van der Waals surface area contributed by atoms with Crippen LogP contribution in [-0.4, -0.2) is 47.2 Å². The van der Waals surface area contributed by atoms with Crippen LogP contribution in [0.1, 0.15) is 76.7 Å². The molecule has 2 unspecified atom stereocenters. The minimum absolute atomic E-state index is 0.290. The highest BCUT2D eigenvalue weighted by molar-refractivity contribution is 6.32. The number of carboxylic acids is 1. The molecule has 1 aromatic carbocycles. The Bertz CT molecular complexity index is 904. The molecule has 2 heterocycles. The third-order valence-corrected chi connectivity index (χ3v) is 7.38. The zero-order valence-electron chi connectivity index (χ0n) is 20.2. The molecule has 0 radical (unpaired) electrons. The monoisotopic (exact) mass is 474 g/mol. The maximum Gasteiger partial charge on any atom is 0.303 e. The normalized spacial score (nSPS) is 19.1. The van der Waals surface area contributed by atoms with Crippen molar-refractivity contribution in [2.45, 2.75) is 83.6 Å². The average molecular weight is 475 g/mol. The van der Waals surface area contributed by atoms with E-state index in [1.54, 1.807) is 13.3 Å². The van der Waals surface area contributed by atoms with E-state index >= 15 is 0 Å². The summed E-state index contributed by atoms with van der Waals surface area (Å²) in [6.45, 7) is 4.40. The van der Waals surface area contributed by atoms with Crippen molar-refractivity contribution in [2.24, 2.45) is 5.92 Å². The Kier molecular flexibility index (Phi) is 10.3. The number of aryl methyl sites for hydroxylation is 1. The van der Waals surface area contributed by atoms with Crippen LogP contribution >= 0.6 is 11.6 Å². The van der Waals surface area contributed by atoms with E-state index in [1.165, 1.54) is 32.1 Å². The van der Waals surface area contributed by atoms with Crippen molar-refractivity contribution >= 4 is 28.5 Å². The molecule has 2 aromatic rings. The molecule has 0 aliphatic carbocycles. The maximum absolute atomic E-state index is 11.3. The number of nitrogens with zero attached hydrogens (tertiary/aromatic N) is 2. The predicted octanol–water partition coefficient (Wildman–Crippen LogP) is 6.75. The quantitative estimate of drug-likeness (QED) is 0.325. The van der Waals surface area contributed by atoms with E-state index in [1.807, 2.05) is 18.2 Å². The first-order valence-corrected chi connectivity index (χ1v) is 13.0. The van der Waals surface area contributed by atoms with Crippen LogP contribution in [0, 0.1) is 5.92 Å². The van der Waals surface area contributed by atoms with Crippen molar-refractivity contribution in [3.8, 4) is 5.75 Å². The molecule has 182 valence electrons. The molecule has 5 nitrogen and oxygen atoms in total. The smallest absolute Gasteiger partial charge is 0.303 e. The summed E-state index contributed by atoms with van der Waals surface area (Å²) >= 11 is 6.56. The second-order valence-electron chi connectivity index (χ2n) is 9.45. The van der Waals surface area contributed by atoms with E-state index < -0.39 is 5.97 Å². The fraction of sp³-hybridized carbons (Fsp3) is 0.630. The van der Waals surface area contributed by atoms with Crippen LogP contribution in [0.4, 0.5) is 0 Å². The Morgan fingerprint density at radius 3 is 2.82 bits per heavy atom. The molecular formula is C27H39ClN2O3. The van der Waals surface area contributed by atoms with Crippen LogP contribution in [0.25, 0.3) is 10.9 Å². The molecule has 1 aliphatic rings. The highest BCUT2D eigenvalue weighted by Gasteiger charge is 2.29. The first-order valence-electron chi connectivity index (χ1n) is 12.6. The number of benzene rings is 1. The fourth-order valence-corrected chi connectivity index (χ4v) is 5.47. The van der Waals surface area contributed by atoms with Gasteiger partial charge in [0, 0.05) is 24.0 Å². The van der Waals surface area contributed by atoms with Gasteiger partial charge in [-0.05, 0) is 81.3 Å². The molecule has 0 saturated carbocycles. The van der Waals surface area contributed by atoms with Crippen molar-refractivity contribution in [2.75, 3.05) is 20.2 Å². The third kappa shape index (κ3) is 7.58. The van der Waals surface area contributed by atoms with Crippen molar-refractivity contribution in [3.63, 3.8) is 0 Å². The van der Waals surface area contributed by atoms with Gasteiger partial charge < -0.3 is 14.7 Å². The van der Waals surface area contributed by atoms with Crippen molar-refractivity contribution < 1.29 is 14.6 Å². The molecule has 1 aliphatic heterocycles. The van der Waals surface area contributed by atoms with Gasteiger partial charge in [0.2, 0.25) is 0 Å². The summed E-state index contributed by atoms with van der Waals surface area (Å²) in [5.41, 5.74) is 2.06. The molecular weight excluding hydrogens is 436 g/mol. The minimum Gasteiger partial charge on any atom is -0.497 e. The number of methoxy groups -OCH3 is 1. The number of ether oxygens (including phenoxy) is 1. The highest BCUT2D eigenvalue weighted by Crippen LogP contribution is 2.32. The number of piperidine rings is 1. The average Bonchev–Trinajstić information content (AvgIpc) is 2.80. The SMILES string of the molecule is CCCCCCCN1CCC(CC(=O)O)CC1CCCc1c(Cl)cnc2ccc(OC)cc12. The van der Waals surface area contributed by atoms with Crippen molar-refractivity contribution in [1.29, 1.82) is 0 Å². The second kappa shape index (κ2) is 13.1. The molecule has 33 heavy (non-hydrogen) atoms. The topological polar surface area (TPSA) is 62.7 Å². The van der Waals surface area contributed by atoms with Crippen molar-refractivity contribution in [1.82, 2.24) is 9.88 Å². The standard InChI is InChI=1S/C27H39ClN2O3/c1-3-4-5-6-7-14-30-15-13-20(17-27(31)32)16-21(30)9-8-10-23-24-18-22(33-2)11-12-26(24)29-19-25(23)28/h11-12,18-21H,3-10,13-17H2,1-2H3,(H,31,32). The summed E-state index contributed by atoms with van der Waals surface area (Å²) in [5, 5.41) is 11.1. The number of carbonyl (C=O) groups is 1. The van der Waals surface area contributed by atoms with E-state index in [-0.39, 0.29) is 0 Å². The molecule has 0 spiro atoms. The summed E-state index contributed by atoms with van der Waals surface area (Å²) in [4.78, 5) is 18.4. The zero-order chi connectivity index (χ0) is 23.6. The number of fused-ring (bicyclic) bond motifs is 1. The molecule has 1 aromatic heterocycles. The molecule has 1 fully saturated rings. The molecule has 0 bridgehead atoms. The van der Waals surface area contributed by atoms with Crippen LogP contribution in [-0.2, 0) is 11.2 Å². The number of rotatable bonds is 13. The fourth-order valence-electron chi connectivity index (χ4n) is 5.23. The summed E-state index contributed by atoms with van der Waals surface area (Å²) < 4.78 is 5.41. The number of hydrogen-bond donors (Lipinski definition) is 1. The lowest BCUT2D eigenvalue weighted by atomic mass is 9.85. The van der Waals surface area contributed by atoms with Crippen LogP contribution in [0.15, 0.2) is 24.4 Å². The molecule has 2 atom stereocenters. The summed E-state index contributed by atoms with van der Waals surface area (Å²) in [6, 6.07) is 6.38. The van der Waals surface area contributed by atoms with Gasteiger partial charge in [0.05, 0.1) is 17.6 Å². The lowest BCUT2D eigenvalue weighted by Crippen LogP contribution is -2.43. The van der Waals surface area contributed by atoms with Gasteiger partial charge >= 0.3 is 5.97 Å². The van der Waals surface area contributed by atoms with E-state index in [4.69, 9.17) is 16.3 Å². The first-order chi connectivity index (χ1) is 16.0. The van der Waals surface area contributed by atoms with Crippen LogP contribution in [0.2, 0.25) is 5.02 Å². The van der Waals surface area contributed by atoms with Gasteiger partial charge in [-0.15, -0.1) is 0 Å². The van der Waals surface area contributed by atoms with Gasteiger partial charge in [0.1, 0.15) is 5.75 Å². The molecule has 6 heteroatoms. The number of carboxylic acid groups (broad SMARTS) is 1. The number of unbranched alkanes of at least 4 members (excludes halogenated alkanes) is 4. The molecule has 1 saturated heterocycles. The Morgan fingerprint density at radius 1 is 1.24 bits per heavy atom. The predicted molar refractivity (Wildman–Crippen MR) is 135 cm³/mol. The number of aliphatic carboxylic acids is 1. The van der Waals surface area contributed by atoms with Gasteiger partial charge in [0.25, 0.3) is 0 Å². The summed E-state index contributed by atoms with van der Waals surface area (Å²) in [5.74, 6) is 0.431.